The van der Waals surface area contributed by atoms with Crippen LogP contribution in [0.1, 0.15) is 39.0 Å². The third kappa shape index (κ3) is 2.96. The van der Waals surface area contributed by atoms with E-state index in [4.69, 9.17) is 5.73 Å². The minimum atomic E-state index is -3.59. The summed E-state index contributed by atoms with van der Waals surface area (Å²) in [5.74, 6) is -0.590. The maximum absolute atomic E-state index is 13.2. The quantitative estimate of drug-likeness (QED) is 0.870. The summed E-state index contributed by atoms with van der Waals surface area (Å²) >= 11 is 0. The van der Waals surface area contributed by atoms with Gasteiger partial charge in [-0.3, -0.25) is 0 Å². The zero-order valence-electron chi connectivity index (χ0n) is 11.7. The SMILES string of the molecule is CCCC1CCCCN1S(=O)(=O)c1ccc(F)c(N)c1. The van der Waals surface area contributed by atoms with E-state index in [1.165, 1.54) is 12.1 Å². The van der Waals surface area contributed by atoms with E-state index in [-0.39, 0.29) is 16.6 Å². The van der Waals surface area contributed by atoms with Crippen LogP contribution in [0.15, 0.2) is 23.1 Å². The minimum Gasteiger partial charge on any atom is -0.396 e. The van der Waals surface area contributed by atoms with Crippen LogP contribution in [-0.2, 0) is 10.0 Å². The molecule has 1 saturated heterocycles. The molecule has 1 aliphatic heterocycles. The number of halogens is 1. The molecule has 112 valence electrons. The van der Waals surface area contributed by atoms with E-state index in [9.17, 15) is 12.8 Å². The number of nitrogens with two attached hydrogens (primary N) is 1. The van der Waals surface area contributed by atoms with E-state index < -0.39 is 15.8 Å². The van der Waals surface area contributed by atoms with E-state index in [1.54, 1.807) is 4.31 Å². The van der Waals surface area contributed by atoms with E-state index in [0.717, 1.165) is 38.2 Å². The Balaban J connectivity index is 2.34. The van der Waals surface area contributed by atoms with Crippen LogP contribution in [0.2, 0.25) is 0 Å². The van der Waals surface area contributed by atoms with Crippen LogP contribution in [0, 0.1) is 5.82 Å². The molecule has 0 amide bonds. The lowest BCUT2D eigenvalue weighted by Gasteiger charge is -2.34. The highest BCUT2D eigenvalue weighted by atomic mass is 32.2. The second-order valence-electron chi connectivity index (χ2n) is 5.24. The third-order valence-electron chi connectivity index (χ3n) is 3.77. The fourth-order valence-corrected chi connectivity index (χ4v) is 4.49. The zero-order valence-corrected chi connectivity index (χ0v) is 12.5. The van der Waals surface area contributed by atoms with Gasteiger partial charge in [0.2, 0.25) is 10.0 Å². The molecule has 0 bridgehead atoms. The lowest BCUT2D eigenvalue weighted by molar-refractivity contribution is 0.239. The highest BCUT2D eigenvalue weighted by Crippen LogP contribution is 2.28. The van der Waals surface area contributed by atoms with E-state index in [0.29, 0.717) is 6.54 Å². The molecule has 1 aliphatic rings. The van der Waals surface area contributed by atoms with Crippen molar-refractivity contribution >= 4 is 15.7 Å². The van der Waals surface area contributed by atoms with Crippen molar-refractivity contribution in [3.63, 3.8) is 0 Å². The lowest BCUT2D eigenvalue weighted by Crippen LogP contribution is -2.43. The number of benzene rings is 1. The summed E-state index contributed by atoms with van der Waals surface area (Å²) < 4.78 is 40.1. The molecule has 1 heterocycles. The van der Waals surface area contributed by atoms with Crippen molar-refractivity contribution < 1.29 is 12.8 Å². The summed E-state index contributed by atoms with van der Waals surface area (Å²) in [5, 5.41) is 0. The van der Waals surface area contributed by atoms with Gasteiger partial charge in [0.25, 0.3) is 0 Å². The van der Waals surface area contributed by atoms with Crippen LogP contribution in [0.4, 0.5) is 10.1 Å². The van der Waals surface area contributed by atoms with Crippen LogP contribution >= 0.6 is 0 Å². The summed E-state index contributed by atoms with van der Waals surface area (Å²) in [7, 11) is -3.59. The van der Waals surface area contributed by atoms with Gasteiger partial charge in [-0.15, -0.1) is 0 Å². The summed E-state index contributed by atoms with van der Waals surface area (Å²) in [6.07, 6.45) is 4.63. The average Bonchev–Trinajstić information content (AvgIpc) is 2.42. The van der Waals surface area contributed by atoms with Gasteiger partial charge < -0.3 is 5.73 Å². The molecule has 0 aliphatic carbocycles. The molecule has 1 unspecified atom stereocenters. The minimum absolute atomic E-state index is 0.0463. The molecule has 0 spiro atoms. The van der Waals surface area contributed by atoms with Crippen LogP contribution in [0.25, 0.3) is 0 Å². The van der Waals surface area contributed by atoms with Crippen molar-refractivity contribution in [2.24, 2.45) is 0 Å². The van der Waals surface area contributed by atoms with E-state index in [1.807, 2.05) is 0 Å². The normalized spacial score (nSPS) is 21.0. The molecular formula is C14H21FN2O2S. The largest absolute Gasteiger partial charge is 0.396 e. The van der Waals surface area contributed by atoms with Gasteiger partial charge >= 0.3 is 0 Å². The van der Waals surface area contributed by atoms with E-state index in [2.05, 4.69) is 6.92 Å². The number of nitrogens with zero attached hydrogens (tertiary/aromatic N) is 1. The van der Waals surface area contributed by atoms with Gasteiger partial charge in [-0.2, -0.15) is 4.31 Å². The summed E-state index contributed by atoms with van der Waals surface area (Å²) in [4.78, 5) is 0.0828. The smallest absolute Gasteiger partial charge is 0.243 e. The van der Waals surface area contributed by atoms with Crippen LogP contribution in [0.5, 0.6) is 0 Å². The van der Waals surface area contributed by atoms with Gasteiger partial charge in [0.15, 0.2) is 0 Å². The number of nitrogen functional groups attached to an aromatic ring is 1. The summed E-state index contributed by atoms with van der Waals surface area (Å²) in [6.45, 7) is 2.58. The molecule has 1 aromatic rings. The van der Waals surface area contributed by atoms with Crippen LogP contribution < -0.4 is 5.73 Å². The Bertz CT molecular complexity index is 573. The Morgan fingerprint density at radius 1 is 1.40 bits per heavy atom. The Labute approximate surface area is 119 Å². The first-order valence-corrected chi connectivity index (χ1v) is 8.47. The Morgan fingerprint density at radius 3 is 2.80 bits per heavy atom. The summed E-state index contributed by atoms with van der Waals surface area (Å²) in [6, 6.07) is 3.66. The second-order valence-corrected chi connectivity index (χ2v) is 7.13. The van der Waals surface area contributed by atoms with E-state index >= 15 is 0 Å². The number of sulfonamides is 1. The van der Waals surface area contributed by atoms with Gasteiger partial charge in [-0.1, -0.05) is 19.8 Å². The molecule has 0 radical (unpaired) electrons. The molecule has 1 atom stereocenters. The number of piperidine rings is 1. The Kier molecular flexibility index (Phi) is 4.65. The highest BCUT2D eigenvalue weighted by molar-refractivity contribution is 7.89. The maximum Gasteiger partial charge on any atom is 0.243 e. The molecule has 0 aromatic heterocycles. The van der Waals surface area contributed by atoms with Crippen molar-refractivity contribution in [3.8, 4) is 0 Å². The topological polar surface area (TPSA) is 63.4 Å². The van der Waals surface area contributed by atoms with Gasteiger partial charge in [-0.05, 0) is 37.5 Å². The molecular weight excluding hydrogens is 279 g/mol. The van der Waals surface area contributed by atoms with Crippen molar-refractivity contribution in [3.05, 3.63) is 24.0 Å². The third-order valence-corrected chi connectivity index (χ3v) is 5.72. The maximum atomic E-state index is 13.2. The van der Waals surface area contributed by atoms with Crippen molar-refractivity contribution in [1.29, 1.82) is 0 Å². The van der Waals surface area contributed by atoms with Gasteiger partial charge in [-0.25, -0.2) is 12.8 Å². The lowest BCUT2D eigenvalue weighted by atomic mass is 10.0. The zero-order chi connectivity index (χ0) is 14.8. The highest BCUT2D eigenvalue weighted by Gasteiger charge is 2.33. The second kappa shape index (κ2) is 6.10. The fraction of sp³-hybridized carbons (Fsp3) is 0.571. The Hall–Kier alpha value is -1.14. The van der Waals surface area contributed by atoms with Gasteiger partial charge in [0.1, 0.15) is 5.82 Å². The van der Waals surface area contributed by atoms with Crippen molar-refractivity contribution in [2.45, 2.75) is 50.0 Å². The monoisotopic (exact) mass is 300 g/mol. The summed E-state index contributed by atoms with van der Waals surface area (Å²) in [5.41, 5.74) is 5.35. The number of hydrogen-bond donors (Lipinski definition) is 1. The standard InChI is InChI=1S/C14H21FN2O2S/c1-2-5-11-6-3-4-9-17(11)20(18,19)12-7-8-13(15)14(16)10-12/h7-8,10-11H,2-6,9,16H2,1H3. The number of anilines is 1. The van der Waals surface area contributed by atoms with Crippen LogP contribution in [-0.4, -0.2) is 25.3 Å². The number of rotatable bonds is 4. The van der Waals surface area contributed by atoms with Gasteiger partial charge in [0.05, 0.1) is 10.6 Å². The predicted octanol–water partition coefficient (Wildman–Crippen LogP) is 2.75. The molecule has 20 heavy (non-hydrogen) atoms. The van der Waals surface area contributed by atoms with Crippen LogP contribution in [0.3, 0.4) is 0 Å². The molecule has 1 fully saturated rings. The first kappa shape index (κ1) is 15.3. The van der Waals surface area contributed by atoms with Gasteiger partial charge in [0, 0.05) is 12.6 Å². The Morgan fingerprint density at radius 2 is 2.15 bits per heavy atom. The fourth-order valence-electron chi connectivity index (χ4n) is 2.73. The van der Waals surface area contributed by atoms with Crippen molar-refractivity contribution in [1.82, 2.24) is 4.31 Å². The molecule has 2 rings (SSSR count). The molecule has 0 saturated carbocycles. The first-order valence-electron chi connectivity index (χ1n) is 7.03. The predicted molar refractivity (Wildman–Crippen MR) is 77.3 cm³/mol. The molecule has 1 aromatic carbocycles. The molecule has 4 nitrogen and oxygen atoms in total. The number of hydrogen-bond acceptors (Lipinski definition) is 3. The molecule has 2 N–H and O–H groups in total. The van der Waals surface area contributed by atoms with Crippen molar-refractivity contribution in [2.75, 3.05) is 12.3 Å². The first-order chi connectivity index (χ1) is 9.46. The average molecular weight is 300 g/mol. The molecule has 6 heteroatoms.